The number of halogens is 1. The Morgan fingerprint density at radius 2 is 2.13 bits per heavy atom. The summed E-state index contributed by atoms with van der Waals surface area (Å²) < 4.78 is 0. The smallest absolute Gasteiger partial charge is 0.223 e. The fraction of sp³-hybridized carbons (Fsp3) is 0.200. The van der Waals surface area contributed by atoms with E-state index >= 15 is 0 Å². The molecule has 0 radical (unpaired) electrons. The lowest BCUT2D eigenvalue weighted by Gasteiger charge is -2.11. The fourth-order valence-corrected chi connectivity index (χ4v) is 2.02. The fourth-order valence-electron chi connectivity index (χ4n) is 1.19. The Balaban J connectivity index is 2.06. The Bertz CT molecular complexity index is 413. The van der Waals surface area contributed by atoms with Gasteiger partial charge in [0.05, 0.1) is 23.5 Å². The number of hydrogen-bond donors (Lipinski definition) is 1. The van der Waals surface area contributed by atoms with Crippen molar-refractivity contribution < 1.29 is 0 Å². The van der Waals surface area contributed by atoms with Gasteiger partial charge in [-0.1, -0.05) is 17.7 Å². The van der Waals surface area contributed by atoms with Crippen LogP contribution in [-0.4, -0.2) is 9.97 Å². The maximum atomic E-state index is 5.70. The Hall–Kier alpha value is -1.13. The van der Waals surface area contributed by atoms with Gasteiger partial charge in [0, 0.05) is 4.88 Å². The quantitative estimate of drug-likeness (QED) is 0.893. The first-order valence-electron chi connectivity index (χ1n) is 4.53. The van der Waals surface area contributed by atoms with Crippen LogP contribution in [0.15, 0.2) is 29.9 Å². The molecule has 0 fully saturated rings. The molecular formula is C10H10ClN3S. The minimum Gasteiger partial charge on any atom is -0.347 e. The van der Waals surface area contributed by atoms with Gasteiger partial charge in [-0.25, -0.2) is 9.97 Å². The molecule has 2 aromatic rings. The summed E-state index contributed by atoms with van der Waals surface area (Å²) in [6, 6.07) is 4.32. The van der Waals surface area contributed by atoms with E-state index in [0.717, 1.165) is 0 Å². The van der Waals surface area contributed by atoms with Gasteiger partial charge in [0.2, 0.25) is 5.95 Å². The molecule has 2 aromatic heterocycles. The molecule has 78 valence electrons. The molecule has 1 atom stereocenters. The van der Waals surface area contributed by atoms with Gasteiger partial charge < -0.3 is 5.32 Å². The molecule has 2 rings (SSSR count). The SMILES string of the molecule is CC(Nc1ncc(Cl)cn1)c1cccs1. The first kappa shape index (κ1) is 10.4. The molecular weight excluding hydrogens is 230 g/mol. The molecule has 1 N–H and O–H groups in total. The molecule has 0 saturated carbocycles. The van der Waals surface area contributed by atoms with Crippen molar-refractivity contribution in [1.82, 2.24) is 9.97 Å². The highest BCUT2D eigenvalue weighted by Gasteiger charge is 2.06. The first-order chi connectivity index (χ1) is 7.25. The predicted molar refractivity (Wildman–Crippen MR) is 63.4 cm³/mol. The van der Waals surface area contributed by atoms with Crippen molar-refractivity contribution >= 4 is 28.9 Å². The zero-order valence-corrected chi connectivity index (χ0v) is 9.72. The van der Waals surface area contributed by atoms with Crippen molar-refractivity contribution in [2.24, 2.45) is 0 Å². The molecule has 0 aliphatic carbocycles. The number of nitrogens with zero attached hydrogens (tertiary/aromatic N) is 2. The molecule has 5 heteroatoms. The van der Waals surface area contributed by atoms with E-state index in [1.54, 1.807) is 23.7 Å². The number of anilines is 1. The van der Waals surface area contributed by atoms with Gasteiger partial charge in [-0.2, -0.15) is 0 Å². The van der Waals surface area contributed by atoms with E-state index in [1.165, 1.54) is 4.88 Å². The second kappa shape index (κ2) is 4.59. The van der Waals surface area contributed by atoms with Crippen LogP contribution in [0.25, 0.3) is 0 Å². The van der Waals surface area contributed by atoms with Crippen LogP contribution < -0.4 is 5.32 Å². The van der Waals surface area contributed by atoms with Crippen LogP contribution in [-0.2, 0) is 0 Å². The second-order valence-corrected chi connectivity index (χ2v) is 4.52. The molecule has 1 unspecified atom stereocenters. The molecule has 0 spiro atoms. The predicted octanol–water partition coefficient (Wildman–Crippen LogP) is 3.36. The number of rotatable bonds is 3. The number of thiophene rings is 1. The third-order valence-corrected chi connectivity index (χ3v) is 3.19. The molecule has 0 bridgehead atoms. The molecule has 3 nitrogen and oxygen atoms in total. The van der Waals surface area contributed by atoms with Gasteiger partial charge in [0.15, 0.2) is 0 Å². The standard InChI is InChI=1S/C10H10ClN3S/c1-7(9-3-2-4-15-9)14-10-12-5-8(11)6-13-10/h2-7H,1H3,(H,12,13,14). The van der Waals surface area contributed by atoms with Crippen molar-refractivity contribution in [2.75, 3.05) is 5.32 Å². The van der Waals surface area contributed by atoms with E-state index in [0.29, 0.717) is 11.0 Å². The Kier molecular flexibility index (Phi) is 3.18. The van der Waals surface area contributed by atoms with Gasteiger partial charge in [-0.05, 0) is 18.4 Å². The van der Waals surface area contributed by atoms with Crippen LogP contribution in [0.1, 0.15) is 17.8 Å². The summed E-state index contributed by atoms with van der Waals surface area (Å²) in [6.45, 7) is 2.07. The minimum absolute atomic E-state index is 0.214. The molecule has 0 aromatic carbocycles. The summed E-state index contributed by atoms with van der Waals surface area (Å²) in [5.74, 6) is 0.598. The Morgan fingerprint density at radius 3 is 2.73 bits per heavy atom. The molecule has 15 heavy (non-hydrogen) atoms. The number of nitrogens with one attached hydrogen (secondary N) is 1. The van der Waals surface area contributed by atoms with E-state index in [2.05, 4.69) is 33.7 Å². The van der Waals surface area contributed by atoms with E-state index in [1.807, 2.05) is 6.07 Å². The Morgan fingerprint density at radius 1 is 1.40 bits per heavy atom. The summed E-state index contributed by atoms with van der Waals surface area (Å²) in [6.07, 6.45) is 3.16. The van der Waals surface area contributed by atoms with Crippen LogP contribution >= 0.6 is 22.9 Å². The van der Waals surface area contributed by atoms with Gasteiger partial charge in [-0.3, -0.25) is 0 Å². The molecule has 2 heterocycles. The van der Waals surface area contributed by atoms with Gasteiger partial charge in [0.1, 0.15) is 0 Å². The van der Waals surface area contributed by atoms with Crippen LogP contribution in [0, 0.1) is 0 Å². The summed E-state index contributed by atoms with van der Waals surface area (Å²) >= 11 is 7.41. The molecule has 0 aliphatic rings. The lowest BCUT2D eigenvalue weighted by Crippen LogP contribution is -2.07. The topological polar surface area (TPSA) is 37.8 Å². The van der Waals surface area contributed by atoms with Crippen molar-refractivity contribution in [1.29, 1.82) is 0 Å². The summed E-state index contributed by atoms with van der Waals surface area (Å²) in [5, 5.41) is 5.80. The van der Waals surface area contributed by atoms with Gasteiger partial charge in [-0.15, -0.1) is 11.3 Å². The van der Waals surface area contributed by atoms with Crippen LogP contribution in [0.4, 0.5) is 5.95 Å². The zero-order chi connectivity index (χ0) is 10.7. The maximum Gasteiger partial charge on any atom is 0.223 e. The van der Waals surface area contributed by atoms with E-state index in [9.17, 15) is 0 Å². The highest BCUT2D eigenvalue weighted by Crippen LogP contribution is 2.21. The summed E-state index contributed by atoms with van der Waals surface area (Å²) in [4.78, 5) is 9.42. The first-order valence-corrected chi connectivity index (χ1v) is 5.79. The largest absolute Gasteiger partial charge is 0.347 e. The van der Waals surface area contributed by atoms with Crippen LogP contribution in [0.2, 0.25) is 5.02 Å². The minimum atomic E-state index is 0.214. The number of hydrogen-bond acceptors (Lipinski definition) is 4. The van der Waals surface area contributed by atoms with Gasteiger partial charge in [0.25, 0.3) is 0 Å². The van der Waals surface area contributed by atoms with E-state index in [-0.39, 0.29) is 6.04 Å². The van der Waals surface area contributed by atoms with Crippen molar-refractivity contribution in [3.63, 3.8) is 0 Å². The third-order valence-electron chi connectivity index (χ3n) is 1.94. The summed E-state index contributed by atoms with van der Waals surface area (Å²) in [7, 11) is 0. The van der Waals surface area contributed by atoms with Gasteiger partial charge >= 0.3 is 0 Å². The highest BCUT2D eigenvalue weighted by atomic mass is 35.5. The zero-order valence-electron chi connectivity index (χ0n) is 8.14. The van der Waals surface area contributed by atoms with E-state index < -0.39 is 0 Å². The molecule has 0 aliphatic heterocycles. The van der Waals surface area contributed by atoms with E-state index in [4.69, 9.17) is 11.6 Å². The summed E-state index contributed by atoms with van der Waals surface area (Å²) in [5.41, 5.74) is 0. The number of aromatic nitrogens is 2. The van der Waals surface area contributed by atoms with Crippen molar-refractivity contribution in [3.05, 3.63) is 39.8 Å². The maximum absolute atomic E-state index is 5.70. The highest BCUT2D eigenvalue weighted by molar-refractivity contribution is 7.10. The Labute approximate surface area is 97.2 Å². The normalized spacial score (nSPS) is 12.4. The molecule has 0 saturated heterocycles. The second-order valence-electron chi connectivity index (χ2n) is 3.11. The van der Waals surface area contributed by atoms with Crippen molar-refractivity contribution in [3.8, 4) is 0 Å². The average Bonchev–Trinajstić information content (AvgIpc) is 2.74. The van der Waals surface area contributed by atoms with Crippen LogP contribution in [0.5, 0.6) is 0 Å². The lowest BCUT2D eigenvalue weighted by molar-refractivity contribution is 0.880. The average molecular weight is 240 g/mol. The lowest BCUT2D eigenvalue weighted by atomic mass is 10.3. The molecule has 0 amide bonds. The van der Waals surface area contributed by atoms with Crippen molar-refractivity contribution in [2.45, 2.75) is 13.0 Å². The third kappa shape index (κ3) is 2.67. The monoisotopic (exact) mass is 239 g/mol. The van der Waals surface area contributed by atoms with Crippen LogP contribution in [0.3, 0.4) is 0 Å².